The van der Waals surface area contributed by atoms with Crippen molar-refractivity contribution < 1.29 is 9.53 Å². The predicted molar refractivity (Wildman–Crippen MR) is 78.1 cm³/mol. The van der Waals surface area contributed by atoms with Gasteiger partial charge in [-0.15, -0.1) is 0 Å². The minimum Gasteiger partial charge on any atom is -0.468 e. The number of likely N-dealkylation sites (tertiary alicyclic amines) is 1. The van der Waals surface area contributed by atoms with Crippen LogP contribution in [0.5, 0.6) is 0 Å². The third kappa shape index (κ3) is 5.11. The lowest BCUT2D eigenvalue weighted by Crippen LogP contribution is -2.47. The molecular weight excluding hydrogens is 240 g/mol. The molecule has 4 nitrogen and oxygen atoms in total. The molecule has 112 valence electrons. The van der Waals surface area contributed by atoms with Crippen molar-refractivity contribution in [2.24, 2.45) is 5.92 Å². The third-order valence-corrected chi connectivity index (χ3v) is 4.23. The quantitative estimate of drug-likeness (QED) is 0.750. The van der Waals surface area contributed by atoms with Gasteiger partial charge in [-0.3, -0.25) is 4.79 Å². The topological polar surface area (TPSA) is 41.6 Å². The van der Waals surface area contributed by atoms with E-state index in [1.807, 2.05) is 0 Å². The summed E-state index contributed by atoms with van der Waals surface area (Å²) in [5, 5.41) is 3.29. The summed E-state index contributed by atoms with van der Waals surface area (Å²) in [5.41, 5.74) is 0. The van der Waals surface area contributed by atoms with Crippen molar-refractivity contribution in [3.05, 3.63) is 0 Å². The lowest BCUT2D eigenvalue weighted by Gasteiger charge is -2.38. The molecule has 4 heteroatoms. The van der Waals surface area contributed by atoms with Crippen LogP contribution in [0.15, 0.2) is 0 Å². The Kier molecular flexibility index (Phi) is 6.80. The third-order valence-electron chi connectivity index (χ3n) is 4.23. The molecule has 1 N–H and O–H groups in total. The van der Waals surface area contributed by atoms with Crippen molar-refractivity contribution in [2.75, 3.05) is 20.2 Å². The molecule has 1 heterocycles. The minimum atomic E-state index is -0.186. The highest BCUT2D eigenvalue weighted by atomic mass is 16.5. The highest BCUT2D eigenvalue weighted by Gasteiger charge is 2.26. The Bertz CT molecular complexity index is 281. The molecule has 0 radical (unpaired) electrons. The fraction of sp³-hybridized carbons (Fsp3) is 0.933. The van der Waals surface area contributed by atoms with Gasteiger partial charge >= 0.3 is 5.97 Å². The normalized spacial score (nSPS) is 26.4. The molecule has 0 bridgehead atoms. The Hall–Kier alpha value is -0.610. The van der Waals surface area contributed by atoms with Gasteiger partial charge in [0.05, 0.1) is 7.11 Å². The largest absolute Gasteiger partial charge is 0.468 e. The molecule has 1 fully saturated rings. The van der Waals surface area contributed by atoms with Crippen molar-refractivity contribution in [3.63, 3.8) is 0 Å². The van der Waals surface area contributed by atoms with Crippen LogP contribution in [0.4, 0.5) is 0 Å². The van der Waals surface area contributed by atoms with Gasteiger partial charge in [0.25, 0.3) is 0 Å². The summed E-state index contributed by atoms with van der Waals surface area (Å²) in [4.78, 5) is 14.3. The van der Waals surface area contributed by atoms with Gasteiger partial charge < -0.3 is 15.0 Å². The van der Waals surface area contributed by atoms with E-state index >= 15 is 0 Å². The molecular formula is C15H30N2O2. The number of esters is 1. The van der Waals surface area contributed by atoms with E-state index in [2.05, 4.69) is 37.9 Å². The number of nitrogens with zero attached hydrogens (tertiary/aromatic N) is 1. The first-order chi connectivity index (χ1) is 8.95. The van der Waals surface area contributed by atoms with E-state index in [0.717, 1.165) is 25.4 Å². The van der Waals surface area contributed by atoms with Gasteiger partial charge in [0.15, 0.2) is 0 Å². The molecule has 19 heavy (non-hydrogen) atoms. The molecule has 0 saturated carbocycles. The molecule has 0 aliphatic carbocycles. The second-order valence-corrected chi connectivity index (χ2v) is 6.08. The van der Waals surface area contributed by atoms with Crippen LogP contribution in [0.25, 0.3) is 0 Å². The van der Waals surface area contributed by atoms with Crippen LogP contribution in [-0.4, -0.2) is 49.2 Å². The molecule has 3 unspecified atom stereocenters. The summed E-state index contributed by atoms with van der Waals surface area (Å²) in [7, 11) is 1.46. The first kappa shape index (κ1) is 16.4. The Morgan fingerprint density at radius 3 is 2.68 bits per heavy atom. The predicted octanol–water partition coefficient (Wildman–Crippen LogP) is 2.04. The van der Waals surface area contributed by atoms with Crippen LogP contribution in [0.3, 0.4) is 0 Å². The monoisotopic (exact) mass is 270 g/mol. The molecule has 3 atom stereocenters. The van der Waals surface area contributed by atoms with Gasteiger partial charge in [-0.2, -0.15) is 0 Å². The van der Waals surface area contributed by atoms with E-state index in [4.69, 9.17) is 4.74 Å². The van der Waals surface area contributed by atoms with E-state index in [9.17, 15) is 4.79 Å². The van der Waals surface area contributed by atoms with Crippen LogP contribution >= 0.6 is 0 Å². The number of carbonyl (C=O) groups excluding carboxylic acids is 1. The zero-order chi connectivity index (χ0) is 14.4. The number of hydrogen-bond acceptors (Lipinski definition) is 4. The summed E-state index contributed by atoms with van der Waals surface area (Å²) >= 11 is 0. The molecule has 0 aromatic rings. The first-order valence-corrected chi connectivity index (χ1v) is 7.53. The van der Waals surface area contributed by atoms with Crippen LogP contribution in [0.1, 0.15) is 47.0 Å². The Morgan fingerprint density at radius 1 is 1.42 bits per heavy atom. The van der Waals surface area contributed by atoms with Crippen LogP contribution in [0, 0.1) is 5.92 Å². The van der Waals surface area contributed by atoms with Crippen molar-refractivity contribution in [1.29, 1.82) is 0 Å². The van der Waals surface area contributed by atoms with E-state index in [-0.39, 0.29) is 12.0 Å². The summed E-state index contributed by atoms with van der Waals surface area (Å²) in [6, 6.07) is 0.724. The van der Waals surface area contributed by atoms with Crippen LogP contribution in [-0.2, 0) is 9.53 Å². The average Bonchev–Trinajstić information content (AvgIpc) is 2.37. The second kappa shape index (κ2) is 7.85. The number of hydrogen-bond donors (Lipinski definition) is 1. The molecule has 1 rings (SSSR count). The minimum absolute atomic E-state index is 0.147. The van der Waals surface area contributed by atoms with Gasteiger partial charge in [0, 0.05) is 18.6 Å². The standard InChI is InChI=1S/C15H30N2O2/c1-11(2)16-14(15(18)19-5)8-10-17-9-6-7-12(3)13(17)4/h11-14,16H,6-10H2,1-5H3. The van der Waals surface area contributed by atoms with Gasteiger partial charge in [-0.25, -0.2) is 0 Å². The Balaban J connectivity index is 2.48. The van der Waals surface area contributed by atoms with Gasteiger partial charge in [-0.05, 0) is 38.6 Å². The maximum Gasteiger partial charge on any atom is 0.322 e. The van der Waals surface area contributed by atoms with Crippen molar-refractivity contribution in [3.8, 4) is 0 Å². The molecule has 0 aromatic carbocycles. The summed E-state index contributed by atoms with van der Waals surface area (Å²) in [6.45, 7) is 10.9. The zero-order valence-electron chi connectivity index (χ0n) is 13.1. The number of piperidine rings is 1. The zero-order valence-corrected chi connectivity index (χ0v) is 13.1. The lowest BCUT2D eigenvalue weighted by atomic mass is 9.92. The smallest absolute Gasteiger partial charge is 0.322 e. The average molecular weight is 270 g/mol. The summed E-state index contributed by atoms with van der Waals surface area (Å²) in [6.07, 6.45) is 3.41. The molecule has 1 saturated heterocycles. The van der Waals surface area contributed by atoms with E-state index in [1.165, 1.54) is 20.0 Å². The van der Waals surface area contributed by atoms with Gasteiger partial charge in [0.2, 0.25) is 0 Å². The summed E-state index contributed by atoms with van der Waals surface area (Å²) in [5.74, 6) is 0.606. The number of rotatable bonds is 6. The SMILES string of the molecule is COC(=O)C(CCN1CCCC(C)C1C)NC(C)C. The van der Waals surface area contributed by atoms with E-state index in [1.54, 1.807) is 0 Å². The van der Waals surface area contributed by atoms with Crippen molar-refractivity contribution in [2.45, 2.75) is 65.1 Å². The van der Waals surface area contributed by atoms with Gasteiger partial charge in [0.1, 0.15) is 6.04 Å². The summed E-state index contributed by atoms with van der Waals surface area (Å²) < 4.78 is 4.88. The molecule has 1 aliphatic rings. The van der Waals surface area contributed by atoms with E-state index < -0.39 is 0 Å². The maximum atomic E-state index is 11.8. The Morgan fingerprint density at radius 2 is 2.11 bits per heavy atom. The van der Waals surface area contributed by atoms with Crippen LogP contribution in [0.2, 0.25) is 0 Å². The van der Waals surface area contributed by atoms with Crippen LogP contribution < -0.4 is 5.32 Å². The van der Waals surface area contributed by atoms with E-state index in [0.29, 0.717) is 12.1 Å². The fourth-order valence-electron chi connectivity index (χ4n) is 2.85. The highest BCUT2D eigenvalue weighted by molar-refractivity contribution is 5.75. The molecule has 0 amide bonds. The number of methoxy groups -OCH3 is 1. The van der Waals surface area contributed by atoms with Crippen molar-refractivity contribution >= 4 is 5.97 Å². The number of ether oxygens (including phenoxy) is 1. The highest BCUT2D eigenvalue weighted by Crippen LogP contribution is 2.23. The lowest BCUT2D eigenvalue weighted by molar-refractivity contribution is -0.143. The van der Waals surface area contributed by atoms with Gasteiger partial charge in [-0.1, -0.05) is 20.8 Å². The number of carbonyl (C=O) groups is 1. The molecule has 1 aliphatic heterocycles. The molecule has 0 spiro atoms. The number of nitrogens with one attached hydrogen (secondary N) is 1. The second-order valence-electron chi connectivity index (χ2n) is 6.08. The first-order valence-electron chi connectivity index (χ1n) is 7.53. The van der Waals surface area contributed by atoms with Crippen molar-refractivity contribution in [1.82, 2.24) is 10.2 Å². The maximum absolute atomic E-state index is 11.8. The Labute approximate surface area is 117 Å². The molecule has 0 aromatic heterocycles. The fourth-order valence-corrected chi connectivity index (χ4v) is 2.85.